The van der Waals surface area contributed by atoms with Gasteiger partial charge in [0.15, 0.2) is 11.5 Å². The predicted octanol–water partition coefficient (Wildman–Crippen LogP) is 1.25. The van der Waals surface area contributed by atoms with Gasteiger partial charge in [0.25, 0.3) is 5.56 Å². The molecule has 18 heavy (non-hydrogen) atoms. The van der Waals surface area contributed by atoms with Crippen molar-refractivity contribution in [1.29, 1.82) is 0 Å². The van der Waals surface area contributed by atoms with E-state index in [-0.39, 0.29) is 11.3 Å². The first kappa shape index (κ1) is 12.1. The Hall–Kier alpha value is -2.37. The van der Waals surface area contributed by atoms with Gasteiger partial charge in [-0.3, -0.25) is 9.59 Å². The fraction of sp³-hybridized carbons (Fsp3) is 0.250. The first-order valence-electron chi connectivity index (χ1n) is 5.44. The maximum absolute atomic E-state index is 11.6. The second-order valence-electron chi connectivity index (χ2n) is 3.57. The highest BCUT2D eigenvalue weighted by Gasteiger charge is 2.11. The number of ether oxygens (including phenoxy) is 2. The van der Waals surface area contributed by atoms with Crippen molar-refractivity contribution >= 4 is 16.9 Å². The van der Waals surface area contributed by atoms with E-state index in [4.69, 9.17) is 9.47 Å². The number of carbonyl (C=O) groups is 1. The predicted molar refractivity (Wildman–Crippen MR) is 64.8 cm³/mol. The van der Waals surface area contributed by atoms with E-state index in [1.807, 2.05) is 6.92 Å². The molecule has 0 saturated heterocycles. The second kappa shape index (κ2) is 4.87. The maximum atomic E-state index is 11.6. The van der Waals surface area contributed by atoms with E-state index < -0.39 is 5.97 Å². The summed E-state index contributed by atoms with van der Waals surface area (Å²) in [5.41, 5.74) is 0.189. The highest BCUT2D eigenvalue weighted by atomic mass is 16.6. The molecule has 0 amide bonds. The summed E-state index contributed by atoms with van der Waals surface area (Å²) in [6.07, 6.45) is 1.31. The van der Waals surface area contributed by atoms with E-state index in [2.05, 4.69) is 9.97 Å². The average molecular weight is 248 g/mol. The third-order valence-corrected chi connectivity index (χ3v) is 2.26. The second-order valence-corrected chi connectivity index (χ2v) is 3.57. The molecule has 1 aromatic heterocycles. The molecule has 0 aliphatic rings. The molecule has 6 heteroatoms. The third-order valence-electron chi connectivity index (χ3n) is 2.26. The summed E-state index contributed by atoms with van der Waals surface area (Å²) < 4.78 is 10.4. The van der Waals surface area contributed by atoms with E-state index in [0.717, 1.165) is 0 Å². The van der Waals surface area contributed by atoms with Crippen molar-refractivity contribution in [3.8, 4) is 11.5 Å². The number of aromatic nitrogens is 2. The van der Waals surface area contributed by atoms with Crippen LogP contribution in [0.15, 0.2) is 23.3 Å². The molecule has 0 radical (unpaired) electrons. The number of nitrogens with zero attached hydrogens (tertiary/aromatic N) is 1. The van der Waals surface area contributed by atoms with Crippen molar-refractivity contribution in [2.45, 2.75) is 13.8 Å². The molecule has 0 unspecified atom stereocenters. The minimum Gasteiger partial charge on any atom is -0.490 e. The number of fused-ring (bicyclic) bond motifs is 1. The molecule has 94 valence electrons. The van der Waals surface area contributed by atoms with Crippen molar-refractivity contribution in [3.63, 3.8) is 0 Å². The molecular formula is C12H12N2O4. The molecule has 1 N–H and O–H groups in total. The largest absolute Gasteiger partial charge is 0.490 e. The smallest absolute Gasteiger partial charge is 0.308 e. The van der Waals surface area contributed by atoms with E-state index in [9.17, 15) is 9.59 Å². The minimum absolute atomic E-state index is 0.218. The lowest BCUT2D eigenvalue weighted by atomic mass is 10.2. The number of aromatic amines is 1. The standard InChI is InChI=1S/C12H12N2O4/c1-3-17-10-5-9-8(12(16)14-6-13-9)4-11(10)18-7(2)15/h4-6H,3H2,1-2H3,(H,13,14,16). The summed E-state index contributed by atoms with van der Waals surface area (Å²) >= 11 is 0. The Labute approximate surface area is 103 Å². The van der Waals surface area contributed by atoms with E-state index in [1.165, 1.54) is 19.3 Å². The molecule has 0 aliphatic heterocycles. The van der Waals surface area contributed by atoms with E-state index in [1.54, 1.807) is 6.07 Å². The summed E-state index contributed by atoms with van der Waals surface area (Å²) in [6.45, 7) is 3.52. The summed E-state index contributed by atoms with van der Waals surface area (Å²) in [4.78, 5) is 29.1. The number of benzene rings is 1. The zero-order chi connectivity index (χ0) is 13.1. The highest BCUT2D eigenvalue weighted by Crippen LogP contribution is 2.30. The lowest BCUT2D eigenvalue weighted by molar-refractivity contribution is -0.132. The highest BCUT2D eigenvalue weighted by molar-refractivity contribution is 5.83. The van der Waals surface area contributed by atoms with Crippen LogP contribution in [0.3, 0.4) is 0 Å². The molecular weight excluding hydrogens is 236 g/mol. The minimum atomic E-state index is -0.476. The van der Waals surface area contributed by atoms with Crippen LogP contribution >= 0.6 is 0 Å². The Morgan fingerprint density at radius 2 is 2.17 bits per heavy atom. The molecule has 0 saturated carbocycles. The van der Waals surface area contributed by atoms with Crippen LogP contribution in [-0.2, 0) is 4.79 Å². The van der Waals surface area contributed by atoms with Gasteiger partial charge in [-0.2, -0.15) is 0 Å². The van der Waals surface area contributed by atoms with Crippen LogP contribution in [0.2, 0.25) is 0 Å². The van der Waals surface area contributed by atoms with Crippen LogP contribution in [-0.4, -0.2) is 22.5 Å². The summed E-state index contributed by atoms with van der Waals surface area (Å²) in [5.74, 6) is 0.129. The van der Waals surface area contributed by atoms with Crippen molar-refractivity contribution in [2.75, 3.05) is 6.61 Å². The van der Waals surface area contributed by atoms with E-state index >= 15 is 0 Å². The number of carbonyl (C=O) groups excluding carboxylic acids is 1. The van der Waals surface area contributed by atoms with Gasteiger partial charge in [-0.25, -0.2) is 4.98 Å². The first-order valence-corrected chi connectivity index (χ1v) is 5.44. The van der Waals surface area contributed by atoms with Crippen LogP contribution in [0.25, 0.3) is 10.9 Å². The zero-order valence-electron chi connectivity index (χ0n) is 10.0. The topological polar surface area (TPSA) is 81.3 Å². The Kier molecular flexibility index (Phi) is 3.27. The van der Waals surface area contributed by atoms with Gasteiger partial charge in [-0.1, -0.05) is 0 Å². The van der Waals surface area contributed by atoms with Gasteiger partial charge >= 0.3 is 5.97 Å². The molecule has 1 heterocycles. The molecule has 2 rings (SSSR count). The van der Waals surface area contributed by atoms with Crippen LogP contribution in [0, 0.1) is 0 Å². The third kappa shape index (κ3) is 2.32. The normalized spacial score (nSPS) is 10.3. The van der Waals surface area contributed by atoms with Crippen LogP contribution in [0.5, 0.6) is 11.5 Å². The van der Waals surface area contributed by atoms with Gasteiger partial charge in [0.05, 0.1) is 23.8 Å². The van der Waals surface area contributed by atoms with Gasteiger partial charge in [-0.15, -0.1) is 0 Å². The summed E-state index contributed by atoms with van der Waals surface area (Å²) in [7, 11) is 0. The molecule has 0 atom stereocenters. The maximum Gasteiger partial charge on any atom is 0.308 e. The Morgan fingerprint density at radius 3 is 2.83 bits per heavy atom. The van der Waals surface area contributed by atoms with Crippen molar-refractivity contribution in [3.05, 3.63) is 28.8 Å². The number of nitrogens with one attached hydrogen (secondary N) is 1. The van der Waals surface area contributed by atoms with Crippen molar-refractivity contribution in [1.82, 2.24) is 9.97 Å². The van der Waals surface area contributed by atoms with Gasteiger partial charge in [0.2, 0.25) is 0 Å². The first-order chi connectivity index (χ1) is 8.61. The number of hydrogen-bond donors (Lipinski definition) is 1. The Morgan fingerprint density at radius 1 is 1.39 bits per heavy atom. The average Bonchev–Trinajstić information content (AvgIpc) is 2.31. The summed E-state index contributed by atoms with van der Waals surface area (Å²) in [5, 5.41) is 0.345. The SMILES string of the molecule is CCOc1cc2nc[nH]c(=O)c2cc1OC(C)=O. The number of H-pyrrole nitrogens is 1. The van der Waals surface area contributed by atoms with Crippen LogP contribution in [0.1, 0.15) is 13.8 Å². The molecule has 0 bridgehead atoms. The number of rotatable bonds is 3. The molecule has 0 spiro atoms. The van der Waals surface area contributed by atoms with Gasteiger partial charge < -0.3 is 14.5 Å². The fourth-order valence-corrected chi connectivity index (χ4v) is 1.58. The summed E-state index contributed by atoms with van der Waals surface area (Å²) in [6, 6.07) is 3.03. The van der Waals surface area contributed by atoms with Gasteiger partial charge in [0.1, 0.15) is 0 Å². The molecule has 2 aromatic rings. The quantitative estimate of drug-likeness (QED) is 0.653. The molecule has 0 aliphatic carbocycles. The fourth-order valence-electron chi connectivity index (χ4n) is 1.58. The number of esters is 1. The van der Waals surface area contributed by atoms with E-state index in [0.29, 0.717) is 23.3 Å². The Balaban J connectivity index is 2.64. The van der Waals surface area contributed by atoms with Crippen molar-refractivity contribution < 1.29 is 14.3 Å². The molecule has 0 fully saturated rings. The lowest BCUT2D eigenvalue weighted by Gasteiger charge is -2.10. The van der Waals surface area contributed by atoms with Crippen LogP contribution in [0.4, 0.5) is 0 Å². The van der Waals surface area contributed by atoms with Gasteiger partial charge in [-0.05, 0) is 13.0 Å². The monoisotopic (exact) mass is 248 g/mol. The molecule has 6 nitrogen and oxygen atoms in total. The van der Waals surface area contributed by atoms with Crippen molar-refractivity contribution in [2.24, 2.45) is 0 Å². The zero-order valence-corrected chi connectivity index (χ0v) is 10.0. The number of hydrogen-bond acceptors (Lipinski definition) is 5. The van der Waals surface area contributed by atoms with Crippen LogP contribution < -0.4 is 15.0 Å². The van der Waals surface area contributed by atoms with Gasteiger partial charge in [0, 0.05) is 13.0 Å². The molecule has 1 aromatic carbocycles. The lowest BCUT2D eigenvalue weighted by Crippen LogP contribution is -2.09. The Bertz CT molecular complexity index is 648.